The molecule has 2 unspecified atom stereocenters. The highest BCUT2D eigenvalue weighted by Crippen LogP contribution is 2.26. The fraction of sp³-hybridized carbons (Fsp3) is 0.647. The molecule has 0 spiro atoms. The molecule has 2 N–H and O–H groups in total. The van der Waals surface area contributed by atoms with Gasteiger partial charge in [-0.2, -0.15) is 0 Å². The summed E-state index contributed by atoms with van der Waals surface area (Å²) in [6.07, 6.45) is 1.81. The Hall–Kier alpha value is -1.06. The van der Waals surface area contributed by atoms with Crippen LogP contribution in [0.3, 0.4) is 0 Å². The molecule has 0 saturated heterocycles. The summed E-state index contributed by atoms with van der Waals surface area (Å²) in [6.45, 7) is 9.41. The van der Waals surface area contributed by atoms with Gasteiger partial charge in [-0.3, -0.25) is 0 Å². The summed E-state index contributed by atoms with van der Waals surface area (Å²) in [5, 5.41) is 14.1. The first-order valence-corrected chi connectivity index (χ1v) is 7.57. The van der Waals surface area contributed by atoms with E-state index in [4.69, 9.17) is 4.74 Å². The molecule has 1 rings (SSSR count). The number of hydrogen-bond donors (Lipinski definition) is 2. The first-order chi connectivity index (χ1) is 9.51. The van der Waals surface area contributed by atoms with Crippen LogP contribution < -0.4 is 10.1 Å². The van der Waals surface area contributed by atoms with Crippen molar-refractivity contribution in [3.05, 3.63) is 29.3 Å². The van der Waals surface area contributed by atoms with E-state index in [2.05, 4.69) is 26.1 Å². The van der Waals surface area contributed by atoms with Crippen LogP contribution in [0.2, 0.25) is 0 Å². The van der Waals surface area contributed by atoms with Crippen LogP contribution in [0.4, 0.5) is 0 Å². The molecule has 1 aromatic carbocycles. The molecule has 0 radical (unpaired) electrons. The maximum absolute atomic E-state index is 10.6. The maximum Gasteiger partial charge on any atom is 0.121 e. The smallest absolute Gasteiger partial charge is 0.121 e. The Bertz CT molecular complexity index is 404. The summed E-state index contributed by atoms with van der Waals surface area (Å²) >= 11 is 0. The highest BCUT2D eigenvalue weighted by Gasteiger charge is 2.23. The monoisotopic (exact) mass is 279 g/mol. The van der Waals surface area contributed by atoms with E-state index in [1.54, 1.807) is 7.11 Å². The van der Waals surface area contributed by atoms with Crippen LogP contribution >= 0.6 is 0 Å². The van der Waals surface area contributed by atoms with Crippen LogP contribution in [-0.4, -0.2) is 24.8 Å². The van der Waals surface area contributed by atoms with Crippen LogP contribution in [0, 0.1) is 12.8 Å². The second-order valence-electron chi connectivity index (χ2n) is 5.75. The van der Waals surface area contributed by atoms with Gasteiger partial charge in [-0.15, -0.1) is 0 Å². The van der Waals surface area contributed by atoms with E-state index in [0.29, 0.717) is 5.92 Å². The number of benzene rings is 1. The highest BCUT2D eigenvalue weighted by molar-refractivity contribution is 5.37. The van der Waals surface area contributed by atoms with Gasteiger partial charge >= 0.3 is 0 Å². The first-order valence-electron chi connectivity index (χ1n) is 7.57. The summed E-state index contributed by atoms with van der Waals surface area (Å²) in [4.78, 5) is 0. The van der Waals surface area contributed by atoms with Gasteiger partial charge in [0.05, 0.1) is 13.2 Å². The summed E-state index contributed by atoms with van der Waals surface area (Å²) in [6, 6.07) is 5.97. The maximum atomic E-state index is 10.6. The molecule has 0 heterocycles. The fourth-order valence-electron chi connectivity index (χ4n) is 2.45. The standard InChI is InChI=1S/C17H29NO2/c1-6-7-10-18-16(12(2)3)17(19)14-8-9-15(20-5)13(4)11-14/h8-9,11-12,16-19H,6-7,10H2,1-5H3. The molecule has 0 fully saturated rings. The van der Waals surface area contributed by atoms with Gasteiger partial charge in [0.1, 0.15) is 5.75 Å². The molecular weight excluding hydrogens is 250 g/mol. The number of unbranched alkanes of at least 4 members (excludes halogenated alkanes) is 1. The van der Waals surface area contributed by atoms with E-state index in [9.17, 15) is 5.11 Å². The highest BCUT2D eigenvalue weighted by atomic mass is 16.5. The number of nitrogens with one attached hydrogen (secondary N) is 1. The Morgan fingerprint density at radius 3 is 2.50 bits per heavy atom. The Labute approximate surface area is 123 Å². The molecule has 0 saturated carbocycles. The van der Waals surface area contributed by atoms with Crippen molar-refractivity contribution in [2.45, 2.75) is 52.7 Å². The van der Waals surface area contributed by atoms with E-state index in [0.717, 1.165) is 36.3 Å². The van der Waals surface area contributed by atoms with Crippen molar-refractivity contribution in [2.75, 3.05) is 13.7 Å². The lowest BCUT2D eigenvalue weighted by molar-refractivity contribution is 0.105. The quantitative estimate of drug-likeness (QED) is 0.716. The average molecular weight is 279 g/mol. The minimum Gasteiger partial charge on any atom is -0.496 e. The molecule has 3 nitrogen and oxygen atoms in total. The van der Waals surface area contributed by atoms with Crippen molar-refractivity contribution in [3.8, 4) is 5.75 Å². The van der Waals surface area contributed by atoms with E-state index < -0.39 is 6.10 Å². The Morgan fingerprint density at radius 1 is 1.30 bits per heavy atom. The summed E-state index contributed by atoms with van der Waals surface area (Å²) in [7, 11) is 1.67. The van der Waals surface area contributed by atoms with Gasteiger partial charge < -0.3 is 15.2 Å². The van der Waals surface area contributed by atoms with Crippen LogP contribution in [0.15, 0.2) is 18.2 Å². The molecule has 20 heavy (non-hydrogen) atoms. The molecule has 0 amide bonds. The third kappa shape index (κ3) is 4.50. The molecule has 0 aliphatic rings. The molecule has 1 aromatic rings. The van der Waals surface area contributed by atoms with Gasteiger partial charge in [0.15, 0.2) is 0 Å². The van der Waals surface area contributed by atoms with Crippen LogP contribution in [0.25, 0.3) is 0 Å². The number of rotatable bonds is 8. The normalized spacial score (nSPS) is 14.3. The van der Waals surface area contributed by atoms with Crippen molar-refractivity contribution < 1.29 is 9.84 Å². The lowest BCUT2D eigenvalue weighted by Gasteiger charge is -2.28. The number of aryl methyl sites for hydroxylation is 1. The van der Waals surface area contributed by atoms with E-state index in [-0.39, 0.29) is 6.04 Å². The first kappa shape index (κ1) is 17.0. The zero-order chi connectivity index (χ0) is 15.1. The number of ether oxygens (including phenoxy) is 1. The van der Waals surface area contributed by atoms with Gasteiger partial charge in [0, 0.05) is 6.04 Å². The summed E-state index contributed by atoms with van der Waals surface area (Å²) < 4.78 is 5.27. The summed E-state index contributed by atoms with van der Waals surface area (Å²) in [5.74, 6) is 1.24. The van der Waals surface area contributed by atoms with Gasteiger partial charge in [-0.1, -0.05) is 33.3 Å². The van der Waals surface area contributed by atoms with E-state index in [1.165, 1.54) is 0 Å². The average Bonchev–Trinajstić information content (AvgIpc) is 2.42. The zero-order valence-electron chi connectivity index (χ0n) is 13.4. The van der Waals surface area contributed by atoms with Gasteiger partial charge in [-0.05, 0) is 49.1 Å². The molecule has 0 bridgehead atoms. The predicted octanol–water partition coefficient (Wildman–Crippen LogP) is 3.45. The lowest BCUT2D eigenvalue weighted by Crippen LogP contribution is -2.39. The van der Waals surface area contributed by atoms with Crippen LogP contribution in [-0.2, 0) is 0 Å². The molecule has 0 aliphatic carbocycles. The number of methoxy groups -OCH3 is 1. The Morgan fingerprint density at radius 2 is 2.00 bits per heavy atom. The number of hydrogen-bond acceptors (Lipinski definition) is 3. The Kier molecular flexibility index (Phi) is 7.03. The van der Waals surface area contributed by atoms with Gasteiger partial charge in [0.2, 0.25) is 0 Å². The van der Waals surface area contributed by atoms with Crippen molar-refractivity contribution in [1.82, 2.24) is 5.32 Å². The number of aliphatic hydroxyl groups is 1. The van der Waals surface area contributed by atoms with Gasteiger partial charge in [-0.25, -0.2) is 0 Å². The molecule has 2 atom stereocenters. The fourth-order valence-corrected chi connectivity index (χ4v) is 2.45. The minimum atomic E-state index is -0.489. The molecule has 114 valence electrons. The third-order valence-electron chi connectivity index (χ3n) is 3.73. The predicted molar refractivity (Wildman–Crippen MR) is 84.2 cm³/mol. The Balaban J connectivity index is 2.83. The topological polar surface area (TPSA) is 41.5 Å². The molecule has 0 aliphatic heterocycles. The molecular formula is C17H29NO2. The van der Waals surface area contributed by atoms with Gasteiger partial charge in [0.25, 0.3) is 0 Å². The van der Waals surface area contributed by atoms with Crippen molar-refractivity contribution in [3.63, 3.8) is 0 Å². The lowest BCUT2D eigenvalue weighted by atomic mass is 9.92. The zero-order valence-corrected chi connectivity index (χ0v) is 13.4. The second kappa shape index (κ2) is 8.28. The van der Waals surface area contributed by atoms with Crippen molar-refractivity contribution in [1.29, 1.82) is 0 Å². The largest absolute Gasteiger partial charge is 0.496 e. The van der Waals surface area contributed by atoms with E-state index in [1.807, 2.05) is 25.1 Å². The van der Waals surface area contributed by atoms with Crippen molar-refractivity contribution >= 4 is 0 Å². The molecule has 3 heteroatoms. The number of aliphatic hydroxyl groups excluding tert-OH is 1. The molecule has 0 aromatic heterocycles. The van der Waals surface area contributed by atoms with Crippen LogP contribution in [0.5, 0.6) is 5.75 Å². The van der Waals surface area contributed by atoms with Crippen molar-refractivity contribution in [2.24, 2.45) is 5.92 Å². The summed E-state index contributed by atoms with van der Waals surface area (Å²) in [5.41, 5.74) is 2.01. The SMILES string of the molecule is CCCCNC(C(C)C)C(O)c1ccc(OC)c(C)c1. The van der Waals surface area contributed by atoms with E-state index >= 15 is 0 Å². The van der Waals surface area contributed by atoms with Crippen LogP contribution in [0.1, 0.15) is 50.8 Å². The second-order valence-corrected chi connectivity index (χ2v) is 5.75. The third-order valence-corrected chi connectivity index (χ3v) is 3.73. The minimum absolute atomic E-state index is 0.0781.